The number of para-hydroxylation sites is 1. The van der Waals surface area contributed by atoms with Crippen LogP contribution in [0.3, 0.4) is 0 Å². The maximum absolute atomic E-state index is 13.1. The van der Waals surface area contributed by atoms with E-state index in [-0.39, 0.29) is 24.5 Å². The van der Waals surface area contributed by atoms with E-state index in [0.29, 0.717) is 21.9 Å². The van der Waals surface area contributed by atoms with Gasteiger partial charge >= 0.3 is 12.3 Å². The van der Waals surface area contributed by atoms with E-state index in [1.54, 1.807) is 23.1 Å². The van der Waals surface area contributed by atoms with Gasteiger partial charge in [-0.2, -0.15) is 4.31 Å². The number of anilines is 1. The Bertz CT molecular complexity index is 1340. The van der Waals surface area contributed by atoms with Crippen molar-refractivity contribution in [3.05, 3.63) is 53.7 Å². The summed E-state index contributed by atoms with van der Waals surface area (Å²) in [5.74, 6) is -1.66. The summed E-state index contributed by atoms with van der Waals surface area (Å²) in [4.78, 5) is 21.9. The second-order valence-electron chi connectivity index (χ2n) is 7.27. The molecule has 0 spiro atoms. The first-order chi connectivity index (χ1) is 16.0. The van der Waals surface area contributed by atoms with Gasteiger partial charge in [0.25, 0.3) is 0 Å². The van der Waals surface area contributed by atoms with Crippen molar-refractivity contribution in [2.45, 2.75) is 17.3 Å². The summed E-state index contributed by atoms with van der Waals surface area (Å²) in [6.07, 6.45) is -3.48. The summed E-state index contributed by atoms with van der Waals surface area (Å²) in [5.41, 5.74) is 0.968. The van der Waals surface area contributed by atoms with Gasteiger partial charge in [0, 0.05) is 19.6 Å². The average Bonchev–Trinajstić information content (AvgIpc) is 2.78. The molecular weight excluding hydrogens is 501 g/mol. The van der Waals surface area contributed by atoms with Gasteiger partial charge in [-0.1, -0.05) is 17.7 Å². The number of carboxylic acid groups (broad SMARTS) is 1. The van der Waals surface area contributed by atoms with Crippen LogP contribution in [0.1, 0.15) is 0 Å². The highest BCUT2D eigenvalue weighted by Gasteiger charge is 2.41. The van der Waals surface area contributed by atoms with Crippen LogP contribution in [-0.2, 0) is 14.8 Å². The molecule has 1 aliphatic heterocycles. The van der Waals surface area contributed by atoms with Gasteiger partial charge in [-0.3, -0.25) is 9.78 Å². The fourth-order valence-electron chi connectivity index (χ4n) is 3.55. The summed E-state index contributed by atoms with van der Waals surface area (Å²) >= 11 is 6.17. The lowest BCUT2D eigenvalue weighted by atomic mass is 10.2. The Morgan fingerprint density at radius 2 is 1.85 bits per heavy atom. The SMILES string of the molecule is O=C(O)[C@H]1CN(c2cnc3cccc(Cl)c3n2)CCN1S(=O)(=O)c1ccc(OC(F)(F)F)cc1. The number of rotatable bonds is 5. The van der Waals surface area contributed by atoms with Gasteiger partial charge in [0.1, 0.15) is 23.1 Å². The molecule has 4 rings (SSSR count). The molecule has 0 aliphatic carbocycles. The molecule has 1 atom stereocenters. The maximum Gasteiger partial charge on any atom is 0.573 e. The van der Waals surface area contributed by atoms with Crippen molar-refractivity contribution in [3.8, 4) is 5.75 Å². The predicted octanol–water partition coefficient (Wildman–Crippen LogP) is 3.15. The topological polar surface area (TPSA) is 113 Å². The summed E-state index contributed by atoms with van der Waals surface area (Å²) in [5, 5.41) is 10.1. The van der Waals surface area contributed by atoms with E-state index in [2.05, 4.69) is 14.7 Å². The second kappa shape index (κ2) is 8.89. The van der Waals surface area contributed by atoms with E-state index in [9.17, 15) is 31.5 Å². The Hall–Kier alpha value is -3.16. The Morgan fingerprint density at radius 3 is 2.50 bits per heavy atom. The lowest BCUT2D eigenvalue weighted by Gasteiger charge is -2.38. The van der Waals surface area contributed by atoms with Crippen molar-refractivity contribution >= 4 is 44.4 Å². The summed E-state index contributed by atoms with van der Waals surface area (Å²) in [7, 11) is -4.33. The number of fused-ring (bicyclic) bond motifs is 1. The van der Waals surface area contributed by atoms with Crippen LogP contribution >= 0.6 is 11.6 Å². The van der Waals surface area contributed by atoms with Crippen LogP contribution in [0.5, 0.6) is 5.75 Å². The molecule has 1 N–H and O–H groups in total. The molecule has 0 amide bonds. The van der Waals surface area contributed by atoms with Gasteiger partial charge in [-0.15, -0.1) is 13.2 Å². The third-order valence-corrected chi connectivity index (χ3v) is 7.34. The van der Waals surface area contributed by atoms with Crippen molar-refractivity contribution in [2.24, 2.45) is 0 Å². The zero-order chi connectivity index (χ0) is 24.7. The zero-order valence-electron chi connectivity index (χ0n) is 17.1. The molecular formula is C20H16ClF3N4O5S. The largest absolute Gasteiger partial charge is 0.573 e. The van der Waals surface area contributed by atoms with Crippen LogP contribution in [0.4, 0.5) is 19.0 Å². The lowest BCUT2D eigenvalue weighted by Crippen LogP contribution is -2.58. The van der Waals surface area contributed by atoms with Crippen LogP contribution in [-0.4, -0.2) is 65.8 Å². The molecule has 2 aromatic carbocycles. The summed E-state index contributed by atoms with van der Waals surface area (Å²) in [6, 6.07) is 7.14. The highest BCUT2D eigenvalue weighted by atomic mass is 35.5. The Labute approximate surface area is 196 Å². The van der Waals surface area contributed by atoms with Crippen LogP contribution in [0.25, 0.3) is 11.0 Å². The molecule has 1 saturated heterocycles. The molecule has 0 radical (unpaired) electrons. The standard InChI is InChI=1S/C20H16ClF3N4O5S/c21-14-2-1-3-15-18(14)26-17(10-25-15)27-8-9-28(16(11-27)19(29)30)34(31,32)13-6-4-12(5-7-13)33-20(22,23)24/h1-7,10,16H,8-9,11H2,(H,29,30)/t16-/m1/s1. The fraction of sp³-hybridized carbons (Fsp3) is 0.250. The third-order valence-electron chi connectivity index (χ3n) is 5.12. The number of piperazine rings is 1. The third kappa shape index (κ3) is 4.86. The van der Waals surface area contributed by atoms with Gasteiger partial charge in [0.05, 0.1) is 21.6 Å². The Morgan fingerprint density at radius 1 is 1.15 bits per heavy atom. The number of sulfonamides is 1. The summed E-state index contributed by atoms with van der Waals surface area (Å²) in [6.45, 7) is -0.334. The van der Waals surface area contributed by atoms with Crippen LogP contribution in [0.2, 0.25) is 5.02 Å². The molecule has 34 heavy (non-hydrogen) atoms. The number of aromatic nitrogens is 2. The number of benzene rings is 2. The number of carboxylic acids is 1. The number of ether oxygens (including phenoxy) is 1. The van der Waals surface area contributed by atoms with E-state index >= 15 is 0 Å². The fourth-order valence-corrected chi connectivity index (χ4v) is 5.33. The smallest absolute Gasteiger partial charge is 0.480 e. The zero-order valence-corrected chi connectivity index (χ0v) is 18.7. The number of aliphatic carboxylic acids is 1. The minimum absolute atomic E-state index is 0.100. The van der Waals surface area contributed by atoms with E-state index in [1.807, 2.05) is 0 Å². The monoisotopic (exact) mass is 516 g/mol. The van der Waals surface area contributed by atoms with E-state index in [1.165, 1.54) is 6.20 Å². The number of carbonyl (C=O) groups is 1. The van der Waals surface area contributed by atoms with E-state index in [4.69, 9.17) is 11.6 Å². The molecule has 1 aromatic heterocycles. The number of halogens is 4. The quantitative estimate of drug-likeness (QED) is 0.550. The van der Waals surface area contributed by atoms with Crippen LogP contribution in [0, 0.1) is 0 Å². The van der Waals surface area contributed by atoms with Gasteiger partial charge < -0.3 is 14.7 Å². The average molecular weight is 517 g/mol. The van der Waals surface area contributed by atoms with Gasteiger partial charge in [-0.25, -0.2) is 13.4 Å². The van der Waals surface area contributed by atoms with Gasteiger partial charge in [0.2, 0.25) is 10.0 Å². The van der Waals surface area contributed by atoms with E-state index in [0.717, 1.165) is 28.6 Å². The van der Waals surface area contributed by atoms with Crippen molar-refractivity contribution in [1.82, 2.24) is 14.3 Å². The number of nitrogens with zero attached hydrogens (tertiary/aromatic N) is 4. The minimum atomic E-state index is -4.93. The van der Waals surface area contributed by atoms with Crippen molar-refractivity contribution in [1.29, 1.82) is 0 Å². The van der Waals surface area contributed by atoms with Gasteiger partial charge in [0.15, 0.2) is 0 Å². The van der Waals surface area contributed by atoms with Crippen LogP contribution < -0.4 is 9.64 Å². The van der Waals surface area contributed by atoms with Crippen molar-refractivity contribution in [3.63, 3.8) is 0 Å². The first-order valence-corrected chi connectivity index (χ1v) is 11.5. The van der Waals surface area contributed by atoms with E-state index < -0.39 is 34.1 Å². The van der Waals surface area contributed by atoms with Gasteiger partial charge in [-0.05, 0) is 36.4 Å². The molecule has 1 fully saturated rings. The first kappa shape index (κ1) is 24.0. The molecule has 9 nitrogen and oxygen atoms in total. The minimum Gasteiger partial charge on any atom is -0.480 e. The molecule has 0 bridgehead atoms. The number of hydrogen-bond acceptors (Lipinski definition) is 7. The molecule has 14 heteroatoms. The Kier molecular flexibility index (Phi) is 6.27. The normalized spacial score (nSPS) is 17.6. The predicted molar refractivity (Wildman–Crippen MR) is 115 cm³/mol. The number of hydrogen-bond donors (Lipinski definition) is 1. The molecule has 1 aliphatic rings. The maximum atomic E-state index is 13.1. The highest BCUT2D eigenvalue weighted by molar-refractivity contribution is 7.89. The number of alkyl halides is 3. The molecule has 3 aromatic rings. The second-order valence-corrected chi connectivity index (χ2v) is 9.57. The van der Waals surface area contributed by atoms with Crippen molar-refractivity contribution in [2.75, 3.05) is 24.5 Å². The summed E-state index contributed by atoms with van der Waals surface area (Å²) < 4.78 is 67.8. The molecule has 180 valence electrons. The molecule has 2 heterocycles. The first-order valence-electron chi connectivity index (χ1n) is 9.72. The van der Waals surface area contributed by atoms with Crippen LogP contribution in [0.15, 0.2) is 53.6 Å². The molecule has 0 unspecified atom stereocenters. The van der Waals surface area contributed by atoms with Crippen molar-refractivity contribution < 1.29 is 36.2 Å². The lowest BCUT2D eigenvalue weighted by molar-refractivity contribution is -0.274. The molecule has 0 saturated carbocycles. The Balaban J connectivity index is 1.59. The highest BCUT2D eigenvalue weighted by Crippen LogP contribution is 2.29.